The van der Waals surface area contributed by atoms with Gasteiger partial charge in [-0.3, -0.25) is 4.68 Å². The topological polar surface area (TPSA) is 57.0 Å². The van der Waals surface area contributed by atoms with Crippen LogP contribution in [-0.4, -0.2) is 26.6 Å². The third kappa shape index (κ3) is 4.54. The zero-order chi connectivity index (χ0) is 19.7. The number of carbonyl (C=O) groups excluding carboxylic acids is 1. The van der Waals surface area contributed by atoms with Crippen LogP contribution in [0, 0.1) is 0 Å². The van der Waals surface area contributed by atoms with Crippen LogP contribution in [0.1, 0.15) is 73.8 Å². The number of aromatic nitrogens is 3. The van der Waals surface area contributed by atoms with Gasteiger partial charge < -0.3 is 4.74 Å². The highest BCUT2D eigenvalue weighted by atomic mass is 19.1. The minimum atomic E-state index is -1.53. The molecule has 0 saturated heterocycles. The van der Waals surface area contributed by atoms with Gasteiger partial charge >= 0.3 is 5.97 Å². The zero-order valence-electron chi connectivity index (χ0n) is 16.6. The first-order valence-corrected chi connectivity index (χ1v) is 9.58. The zero-order valence-corrected chi connectivity index (χ0v) is 16.6. The van der Waals surface area contributed by atoms with Crippen molar-refractivity contribution >= 4 is 5.97 Å². The smallest absolute Gasteiger partial charge is 0.338 e. The van der Waals surface area contributed by atoms with Crippen LogP contribution in [0.15, 0.2) is 24.3 Å². The number of hydrogen-bond donors (Lipinski definition) is 0. The first kappa shape index (κ1) is 19.5. The first-order valence-electron chi connectivity index (χ1n) is 9.58. The van der Waals surface area contributed by atoms with Crippen molar-refractivity contribution < 1.29 is 13.9 Å². The second-order valence-electron chi connectivity index (χ2n) is 8.41. The number of halogens is 1. The molecule has 0 spiro atoms. The lowest BCUT2D eigenvalue weighted by Gasteiger charge is -2.26. The van der Waals surface area contributed by atoms with Crippen molar-refractivity contribution in [1.82, 2.24) is 15.0 Å². The predicted molar refractivity (Wildman–Crippen MR) is 101 cm³/mol. The summed E-state index contributed by atoms with van der Waals surface area (Å²) in [4.78, 5) is 12.2. The fourth-order valence-corrected chi connectivity index (χ4v) is 3.59. The van der Waals surface area contributed by atoms with Gasteiger partial charge in [0.1, 0.15) is 11.3 Å². The molecule has 0 N–H and O–H groups in total. The lowest BCUT2D eigenvalue weighted by atomic mass is 9.84. The molecule has 27 heavy (non-hydrogen) atoms. The van der Waals surface area contributed by atoms with Crippen LogP contribution < -0.4 is 0 Å². The molecule has 2 aromatic rings. The number of aryl methyl sites for hydroxylation is 1. The van der Waals surface area contributed by atoms with Gasteiger partial charge in [0, 0.05) is 13.5 Å². The van der Waals surface area contributed by atoms with E-state index in [1.54, 1.807) is 28.9 Å². The summed E-state index contributed by atoms with van der Waals surface area (Å²) < 4.78 is 23.1. The van der Waals surface area contributed by atoms with E-state index < -0.39 is 11.3 Å². The Kier molecular flexibility index (Phi) is 5.36. The van der Waals surface area contributed by atoms with Gasteiger partial charge in [0.05, 0.1) is 11.3 Å². The molecule has 1 atom stereocenters. The summed E-state index contributed by atoms with van der Waals surface area (Å²) in [6.07, 6.45) is 4.35. The largest absolute Gasteiger partial charge is 0.456 e. The number of carbonyl (C=O) groups is 1. The molecule has 0 saturated carbocycles. The highest BCUT2D eigenvalue weighted by Gasteiger charge is 2.38. The van der Waals surface area contributed by atoms with Crippen LogP contribution in [0.5, 0.6) is 0 Å². The van der Waals surface area contributed by atoms with Crippen molar-refractivity contribution in [2.45, 2.75) is 70.6 Å². The second-order valence-corrected chi connectivity index (χ2v) is 8.41. The lowest BCUT2D eigenvalue weighted by Crippen LogP contribution is -2.27. The standard InChI is InChI=1S/C21H28FN3O2/c1-20(2,3)27-19(26)16-11-9-15(10-12-16)14-21(22)13-7-5-6-8-17-18(21)23-24-25(17)4/h9-12H,5-8,13-14H2,1-4H3. The summed E-state index contributed by atoms with van der Waals surface area (Å²) in [5, 5.41) is 8.21. The maximum Gasteiger partial charge on any atom is 0.338 e. The van der Waals surface area contributed by atoms with Crippen molar-refractivity contribution in [1.29, 1.82) is 0 Å². The van der Waals surface area contributed by atoms with Crippen LogP contribution in [-0.2, 0) is 30.3 Å². The molecule has 1 aromatic carbocycles. The van der Waals surface area contributed by atoms with Crippen molar-refractivity contribution in [3.63, 3.8) is 0 Å². The number of fused-ring (bicyclic) bond motifs is 1. The van der Waals surface area contributed by atoms with Crippen molar-refractivity contribution in [3.8, 4) is 0 Å². The number of nitrogens with zero attached hydrogens (tertiary/aromatic N) is 3. The highest BCUT2D eigenvalue weighted by Crippen LogP contribution is 2.38. The van der Waals surface area contributed by atoms with Crippen LogP contribution in [0.4, 0.5) is 4.39 Å². The molecular formula is C21H28FN3O2. The van der Waals surface area contributed by atoms with E-state index in [4.69, 9.17) is 4.74 Å². The van der Waals surface area contributed by atoms with Crippen molar-refractivity contribution in [2.75, 3.05) is 0 Å². The lowest BCUT2D eigenvalue weighted by molar-refractivity contribution is 0.00695. The van der Waals surface area contributed by atoms with Gasteiger partial charge in [0.25, 0.3) is 0 Å². The Balaban J connectivity index is 1.81. The number of esters is 1. The maximum absolute atomic E-state index is 16.0. The first-order chi connectivity index (χ1) is 12.7. The van der Waals surface area contributed by atoms with Gasteiger partial charge in [-0.25, -0.2) is 9.18 Å². The van der Waals surface area contributed by atoms with E-state index in [0.29, 0.717) is 17.7 Å². The molecular weight excluding hydrogens is 345 g/mol. The van der Waals surface area contributed by atoms with Gasteiger partial charge in [-0.1, -0.05) is 23.8 Å². The van der Waals surface area contributed by atoms with Gasteiger partial charge in [-0.2, -0.15) is 0 Å². The number of benzene rings is 1. The van der Waals surface area contributed by atoms with Gasteiger partial charge in [0.2, 0.25) is 0 Å². The maximum atomic E-state index is 16.0. The summed E-state index contributed by atoms with van der Waals surface area (Å²) in [7, 11) is 1.82. The quantitative estimate of drug-likeness (QED) is 0.753. The Morgan fingerprint density at radius 3 is 2.59 bits per heavy atom. The molecule has 1 aromatic heterocycles. The van der Waals surface area contributed by atoms with Gasteiger partial charge in [-0.05, 0) is 64.2 Å². The molecule has 3 rings (SSSR count). The molecule has 1 unspecified atom stereocenters. The minimum Gasteiger partial charge on any atom is -0.456 e. The number of alkyl halides is 1. The third-order valence-electron chi connectivity index (χ3n) is 4.93. The van der Waals surface area contributed by atoms with E-state index in [9.17, 15) is 4.79 Å². The molecule has 1 aliphatic carbocycles. The summed E-state index contributed by atoms with van der Waals surface area (Å²) in [5.74, 6) is -0.369. The van der Waals surface area contributed by atoms with Crippen LogP contribution >= 0.6 is 0 Å². The van der Waals surface area contributed by atoms with Crippen LogP contribution in [0.2, 0.25) is 0 Å². The van der Waals surface area contributed by atoms with Crippen LogP contribution in [0.25, 0.3) is 0 Å². The normalized spacial score (nSPS) is 20.5. The average Bonchev–Trinajstić information content (AvgIpc) is 2.93. The molecule has 0 amide bonds. The van der Waals surface area contributed by atoms with Gasteiger partial charge in [-0.15, -0.1) is 5.10 Å². The molecule has 1 aliphatic rings. The van der Waals surface area contributed by atoms with E-state index in [2.05, 4.69) is 10.3 Å². The SMILES string of the molecule is Cn1nnc2c1CCCCCC2(F)Cc1ccc(C(=O)OC(C)(C)C)cc1. The predicted octanol–water partition coefficient (Wildman–Crippen LogP) is 4.29. The third-order valence-corrected chi connectivity index (χ3v) is 4.93. The fraction of sp³-hybridized carbons (Fsp3) is 0.571. The van der Waals surface area contributed by atoms with Crippen molar-refractivity contribution in [2.24, 2.45) is 7.05 Å². The molecule has 0 aliphatic heterocycles. The summed E-state index contributed by atoms with van der Waals surface area (Å²) in [6, 6.07) is 7.01. The monoisotopic (exact) mass is 373 g/mol. The Morgan fingerprint density at radius 1 is 1.22 bits per heavy atom. The second kappa shape index (κ2) is 7.41. The Bertz CT molecular complexity index is 808. The molecule has 146 valence electrons. The molecule has 5 nitrogen and oxygen atoms in total. The van der Waals surface area contributed by atoms with E-state index in [-0.39, 0.29) is 12.4 Å². The summed E-state index contributed by atoms with van der Waals surface area (Å²) >= 11 is 0. The molecule has 1 heterocycles. The fourth-order valence-electron chi connectivity index (χ4n) is 3.59. The summed E-state index contributed by atoms with van der Waals surface area (Å²) in [6.45, 7) is 5.50. The molecule has 6 heteroatoms. The van der Waals surface area contributed by atoms with E-state index in [1.807, 2.05) is 27.8 Å². The number of ether oxygens (including phenoxy) is 1. The Morgan fingerprint density at radius 2 is 1.93 bits per heavy atom. The molecule has 0 fully saturated rings. The molecule has 0 radical (unpaired) electrons. The number of rotatable bonds is 3. The van der Waals surface area contributed by atoms with E-state index >= 15 is 4.39 Å². The van der Waals surface area contributed by atoms with Crippen LogP contribution in [0.3, 0.4) is 0 Å². The van der Waals surface area contributed by atoms with Gasteiger partial charge in [0.15, 0.2) is 5.67 Å². The average molecular weight is 373 g/mol. The van der Waals surface area contributed by atoms with Crippen molar-refractivity contribution in [3.05, 3.63) is 46.8 Å². The van der Waals surface area contributed by atoms with E-state index in [0.717, 1.165) is 36.9 Å². The minimum absolute atomic E-state index is 0.229. The Labute approximate surface area is 159 Å². The molecule has 0 bridgehead atoms. The summed E-state index contributed by atoms with van der Waals surface area (Å²) in [5.41, 5.74) is 0.599. The Hall–Kier alpha value is -2.24. The van der Waals surface area contributed by atoms with E-state index in [1.165, 1.54) is 0 Å². The number of hydrogen-bond acceptors (Lipinski definition) is 4. The highest BCUT2D eigenvalue weighted by molar-refractivity contribution is 5.89.